The maximum Gasteiger partial charge on any atom is 0.288 e. The van der Waals surface area contributed by atoms with Crippen LogP contribution in [0.5, 0.6) is 5.75 Å². The van der Waals surface area contributed by atoms with Gasteiger partial charge in [0.25, 0.3) is 11.5 Å². The molecule has 0 bridgehead atoms. The van der Waals surface area contributed by atoms with Crippen LogP contribution in [0.3, 0.4) is 0 Å². The first-order chi connectivity index (χ1) is 17.9. The van der Waals surface area contributed by atoms with Gasteiger partial charge in [-0.2, -0.15) is 5.10 Å². The number of hydrogen-bond donors (Lipinski definition) is 3. The molecule has 2 aliphatic carbocycles. The van der Waals surface area contributed by atoms with E-state index < -0.39 is 11.4 Å². The number of rotatable bonds is 6. The molecular weight excluding hydrogens is 473 g/mol. The number of ether oxygens (including phenoxy) is 1. The SMILES string of the molecule is COc1ccc(F)cc1C(=O)NC1(c2ccc(-c3cn(C4CCCC4)c4c(=O)[nH]nc(N)c34)cc2)CC1. The van der Waals surface area contributed by atoms with Gasteiger partial charge in [-0.15, -0.1) is 0 Å². The van der Waals surface area contributed by atoms with E-state index in [1.165, 1.54) is 25.3 Å². The molecule has 8 nitrogen and oxygen atoms in total. The predicted molar refractivity (Wildman–Crippen MR) is 139 cm³/mol. The number of nitrogens with zero attached hydrogens (tertiary/aromatic N) is 2. The molecule has 0 unspecified atom stereocenters. The average Bonchev–Trinajstić information content (AvgIpc) is 3.29. The van der Waals surface area contributed by atoms with Gasteiger partial charge in [0, 0.05) is 17.8 Å². The molecule has 2 saturated carbocycles. The molecule has 4 aromatic rings. The van der Waals surface area contributed by atoms with Crippen molar-refractivity contribution in [1.29, 1.82) is 0 Å². The topological polar surface area (TPSA) is 115 Å². The van der Waals surface area contributed by atoms with E-state index in [9.17, 15) is 14.0 Å². The highest BCUT2D eigenvalue weighted by Crippen LogP contribution is 2.47. The molecule has 9 heteroatoms. The van der Waals surface area contributed by atoms with Gasteiger partial charge in [-0.05, 0) is 55.0 Å². The van der Waals surface area contributed by atoms with Crippen molar-refractivity contribution in [2.45, 2.75) is 50.1 Å². The average molecular weight is 502 g/mol. The summed E-state index contributed by atoms with van der Waals surface area (Å²) < 4.78 is 21.1. The molecule has 0 spiro atoms. The third kappa shape index (κ3) is 3.94. The number of fused-ring (bicyclic) bond motifs is 1. The summed E-state index contributed by atoms with van der Waals surface area (Å²) in [4.78, 5) is 25.8. The van der Waals surface area contributed by atoms with Crippen molar-refractivity contribution in [3.8, 4) is 16.9 Å². The molecule has 4 N–H and O–H groups in total. The zero-order chi connectivity index (χ0) is 25.7. The zero-order valence-electron chi connectivity index (χ0n) is 20.5. The molecule has 2 heterocycles. The van der Waals surface area contributed by atoms with Crippen molar-refractivity contribution >= 4 is 22.6 Å². The fourth-order valence-corrected chi connectivity index (χ4v) is 5.65. The third-order valence-corrected chi connectivity index (χ3v) is 7.76. The Morgan fingerprint density at radius 1 is 1.19 bits per heavy atom. The van der Waals surface area contributed by atoms with Crippen molar-refractivity contribution in [3.05, 3.63) is 76.0 Å². The van der Waals surface area contributed by atoms with E-state index in [0.29, 0.717) is 22.5 Å². The lowest BCUT2D eigenvalue weighted by atomic mass is 9.99. The van der Waals surface area contributed by atoms with Crippen molar-refractivity contribution in [2.75, 3.05) is 12.8 Å². The van der Waals surface area contributed by atoms with Crippen LogP contribution in [0.2, 0.25) is 0 Å². The molecular formula is C28H28FN5O3. The zero-order valence-corrected chi connectivity index (χ0v) is 20.5. The largest absolute Gasteiger partial charge is 0.496 e. The van der Waals surface area contributed by atoms with Crippen LogP contribution in [0, 0.1) is 5.82 Å². The normalized spacial score (nSPS) is 16.7. The number of nitrogens with one attached hydrogen (secondary N) is 2. The number of benzene rings is 2. The van der Waals surface area contributed by atoms with Gasteiger partial charge in [-0.1, -0.05) is 37.1 Å². The van der Waals surface area contributed by atoms with Crippen molar-refractivity contribution in [3.63, 3.8) is 0 Å². The molecule has 0 radical (unpaired) electrons. The lowest BCUT2D eigenvalue weighted by Crippen LogP contribution is -2.35. The van der Waals surface area contributed by atoms with Gasteiger partial charge in [0.05, 0.1) is 23.6 Å². The summed E-state index contributed by atoms with van der Waals surface area (Å²) in [5.74, 6) is -0.259. The lowest BCUT2D eigenvalue weighted by molar-refractivity contribution is 0.0927. The number of aromatic amines is 1. The summed E-state index contributed by atoms with van der Waals surface area (Å²) in [5, 5.41) is 10.3. The minimum absolute atomic E-state index is 0.165. The Labute approximate surface area is 212 Å². The highest BCUT2D eigenvalue weighted by atomic mass is 19.1. The van der Waals surface area contributed by atoms with Gasteiger partial charge in [-0.3, -0.25) is 9.59 Å². The van der Waals surface area contributed by atoms with Crippen LogP contribution >= 0.6 is 0 Å². The molecule has 2 aromatic carbocycles. The van der Waals surface area contributed by atoms with Crippen LogP contribution in [0.25, 0.3) is 22.0 Å². The second-order valence-electron chi connectivity index (χ2n) is 10.0. The van der Waals surface area contributed by atoms with Crippen LogP contribution < -0.4 is 21.3 Å². The maximum absolute atomic E-state index is 13.8. The number of halogens is 1. The molecule has 0 atom stereocenters. The number of anilines is 1. The van der Waals surface area contributed by atoms with E-state index in [1.54, 1.807) is 0 Å². The van der Waals surface area contributed by atoms with E-state index in [2.05, 4.69) is 20.1 Å². The van der Waals surface area contributed by atoms with Gasteiger partial charge in [0.2, 0.25) is 0 Å². The highest BCUT2D eigenvalue weighted by Gasteiger charge is 2.46. The van der Waals surface area contributed by atoms with Gasteiger partial charge in [0.15, 0.2) is 5.82 Å². The monoisotopic (exact) mass is 501 g/mol. The van der Waals surface area contributed by atoms with Crippen LogP contribution in [0.15, 0.2) is 53.5 Å². The number of amides is 1. The standard InChI is InChI=1S/C28H28FN5O3/c1-37-22-11-10-18(29)14-20(22)26(35)31-28(12-13-28)17-8-6-16(7-9-17)21-15-34(19-4-2-3-5-19)24-23(21)25(30)32-33-27(24)36/h6-11,14-15,19H,2-5,12-13H2,1H3,(H2,30,32)(H,31,35)(H,33,36). The number of hydrogen-bond acceptors (Lipinski definition) is 5. The number of H-pyrrole nitrogens is 1. The van der Waals surface area contributed by atoms with Crippen molar-refractivity contribution in [1.82, 2.24) is 20.1 Å². The van der Waals surface area contributed by atoms with E-state index in [-0.39, 0.29) is 23.1 Å². The first-order valence-corrected chi connectivity index (χ1v) is 12.6. The van der Waals surface area contributed by atoms with Gasteiger partial charge < -0.3 is 20.4 Å². The van der Waals surface area contributed by atoms with Gasteiger partial charge in [0.1, 0.15) is 17.1 Å². The van der Waals surface area contributed by atoms with Crippen LogP contribution in [0.1, 0.15) is 60.5 Å². The second-order valence-corrected chi connectivity index (χ2v) is 10.0. The molecule has 37 heavy (non-hydrogen) atoms. The first-order valence-electron chi connectivity index (χ1n) is 12.6. The quantitative estimate of drug-likeness (QED) is 0.356. The summed E-state index contributed by atoms with van der Waals surface area (Å²) in [6.07, 6.45) is 7.92. The Hall–Kier alpha value is -4.14. The molecule has 190 valence electrons. The summed E-state index contributed by atoms with van der Waals surface area (Å²) in [7, 11) is 1.45. The second kappa shape index (κ2) is 8.76. The van der Waals surface area contributed by atoms with E-state index >= 15 is 0 Å². The van der Waals surface area contributed by atoms with Gasteiger partial charge in [-0.25, -0.2) is 9.49 Å². The molecule has 0 saturated heterocycles. The number of carbonyl (C=O) groups excluding carboxylic acids is 1. The molecule has 2 aliphatic rings. The Kier molecular flexibility index (Phi) is 5.51. The fourth-order valence-electron chi connectivity index (χ4n) is 5.65. The van der Waals surface area contributed by atoms with Crippen molar-refractivity contribution < 1.29 is 13.9 Å². The predicted octanol–water partition coefficient (Wildman–Crippen LogP) is 4.66. The molecule has 2 fully saturated rings. The summed E-state index contributed by atoms with van der Waals surface area (Å²) in [5.41, 5.74) is 8.96. The maximum atomic E-state index is 13.8. The van der Waals surface area contributed by atoms with E-state index in [1.807, 2.05) is 30.5 Å². The lowest BCUT2D eigenvalue weighted by Gasteiger charge is -2.19. The number of methoxy groups -OCH3 is 1. The Balaban J connectivity index is 1.33. The molecule has 2 aromatic heterocycles. The number of nitrogens with two attached hydrogens (primary N) is 1. The smallest absolute Gasteiger partial charge is 0.288 e. The van der Waals surface area contributed by atoms with Crippen LogP contribution in [0.4, 0.5) is 10.2 Å². The number of aromatic nitrogens is 3. The first kappa shape index (κ1) is 23.3. The van der Waals surface area contributed by atoms with Crippen LogP contribution in [-0.2, 0) is 5.54 Å². The summed E-state index contributed by atoms with van der Waals surface area (Å²) in [6, 6.07) is 12.1. The molecule has 1 amide bonds. The number of carbonyl (C=O) groups is 1. The summed E-state index contributed by atoms with van der Waals surface area (Å²) in [6.45, 7) is 0. The minimum Gasteiger partial charge on any atom is -0.496 e. The Bertz CT molecular complexity index is 1560. The summed E-state index contributed by atoms with van der Waals surface area (Å²) >= 11 is 0. The fraction of sp³-hybridized carbons (Fsp3) is 0.321. The Morgan fingerprint density at radius 3 is 2.59 bits per heavy atom. The minimum atomic E-state index is -0.511. The number of nitrogen functional groups attached to an aromatic ring is 1. The van der Waals surface area contributed by atoms with Crippen LogP contribution in [-0.4, -0.2) is 27.8 Å². The Morgan fingerprint density at radius 2 is 1.92 bits per heavy atom. The van der Waals surface area contributed by atoms with E-state index in [0.717, 1.165) is 55.2 Å². The molecule has 0 aliphatic heterocycles. The van der Waals surface area contributed by atoms with Crippen molar-refractivity contribution in [2.24, 2.45) is 0 Å². The molecule has 6 rings (SSSR count). The highest BCUT2D eigenvalue weighted by molar-refractivity contribution is 6.02. The van der Waals surface area contributed by atoms with Gasteiger partial charge >= 0.3 is 0 Å². The third-order valence-electron chi connectivity index (χ3n) is 7.76. The van der Waals surface area contributed by atoms with E-state index in [4.69, 9.17) is 10.5 Å².